The average Bonchev–Trinajstić information content (AvgIpc) is 3.16. The fourth-order valence-corrected chi connectivity index (χ4v) is 1.70. The number of carbonyl (C=O) groups excluding carboxylic acids is 1. The number of nitrogens with zero attached hydrogens (tertiary/aromatic N) is 1. The van der Waals surface area contributed by atoms with Crippen LogP contribution in [0.25, 0.3) is 0 Å². The van der Waals surface area contributed by atoms with Crippen LogP contribution in [0, 0.1) is 11.3 Å². The molecule has 0 aromatic rings. The Balaban J connectivity index is 2.44. The lowest BCUT2D eigenvalue weighted by Crippen LogP contribution is -2.46. The smallest absolute Gasteiger partial charge is 0.317 e. The summed E-state index contributed by atoms with van der Waals surface area (Å²) in [7, 11) is 0. The molecule has 1 aliphatic rings. The molecule has 0 aliphatic heterocycles. The molecule has 1 fully saturated rings. The number of nitrogens with one attached hydrogen (secondary N) is 1. The van der Waals surface area contributed by atoms with Crippen molar-refractivity contribution in [3.63, 3.8) is 0 Å². The molecular formula is C13H24N2O3. The summed E-state index contributed by atoms with van der Waals surface area (Å²) in [6, 6.07) is -0.148. The predicted molar refractivity (Wildman–Crippen MR) is 69.4 cm³/mol. The maximum absolute atomic E-state index is 11.9. The van der Waals surface area contributed by atoms with Crippen LogP contribution in [-0.2, 0) is 4.79 Å². The topological polar surface area (TPSA) is 69.6 Å². The third kappa shape index (κ3) is 3.89. The van der Waals surface area contributed by atoms with Gasteiger partial charge in [-0.15, -0.1) is 0 Å². The Bertz CT molecular complexity index is 315. The Morgan fingerprint density at radius 2 is 2.00 bits per heavy atom. The van der Waals surface area contributed by atoms with Crippen LogP contribution in [0.5, 0.6) is 0 Å². The summed E-state index contributed by atoms with van der Waals surface area (Å²) in [6.45, 7) is 7.06. The number of amides is 2. The van der Waals surface area contributed by atoms with Crippen molar-refractivity contribution in [2.75, 3.05) is 19.6 Å². The molecule has 2 N–H and O–H groups in total. The number of rotatable bonds is 7. The molecule has 0 radical (unpaired) electrons. The van der Waals surface area contributed by atoms with Gasteiger partial charge in [-0.2, -0.15) is 0 Å². The molecule has 5 heteroatoms. The number of hydrogen-bond donors (Lipinski definition) is 2. The lowest BCUT2D eigenvalue weighted by atomic mass is 9.88. The molecule has 0 saturated heterocycles. The van der Waals surface area contributed by atoms with Crippen molar-refractivity contribution in [1.82, 2.24) is 10.2 Å². The zero-order chi connectivity index (χ0) is 13.8. The lowest BCUT2D eigenvalue weighted by molar-refractivity contribution is -0.147. The first-order valence-electron chi connectivity index (χ1n) is 6.69. The van der Waals surface area contributed by atoms with Gasteiger partial charge in [0.15, 0.2) is 0 Å². The molecule has 0 heterocycles. The lowest BCUT2D eigenvalue weighted by Gasteiger charge is -2.26. The molecule has 1 saturated carbocycles. The zero-order valence-corrected chi connectivity index (χ0v) is 11.5. The summed E-state index contributed by atoms with van der Waals surface area (Å²) in [5.74, 6) is -0.219. The van der Waals surface area contributed by atoms with Crippen molar-refractivity contribution < 1.29 is 14.7 Å². The Morgan fingerprint density at radius 1 is 1.39 bits per heavy atom. The van der Waals surface area contributed by atoms with Crippen LogP contribution in [0.4, 0.5) is 4.79 Å². The third-order valence-corrected chi connectivity index (χ3v) is 3.77. The van der Waals surface area contributed by atoms with Gasteiger partial charge in [0.25, 0.3) is 0 Å². The molecule has 0 spiro atoms. The number of carboxylic acids is 1. The van der Waals surface area contributed by atoms with Crippen LogP contribution in [0.1, 0.15) is 40.0 Å². The molecule has 1 rings (SSSR count). The normalized spacial score (nSPS) is 17.9. The van der Waals surface area contributed by atoms with Crippen molar-refractivity contribution in [2.24, 2.45) is 11.3 Å². The largest absolute Gasteiger partial charge is 0.481 e. The quantitative estimate of drug-likeness (QED) is 0.731. The summed E-state index contributed by atoms with van der Waals surface area (Å²) in [5.41, 5.74) is -0.880. The standard InChI is InChI=1S/C13H24N2O3/c1-4-13(3,11(16)17)9-14-12(18)15(5-2)8-10-6-7-10/h10H,4-9H2,1-3H3,(H,14,18)(H,16,17). The zero-order valence-electron chi connectivity index (χ0n) is 11.5. The SMILES string of the molecule is CCN(CC1CC1)C(=O)NCC(C)(CC)C(=O)O. The number of carbonyl (C=O) groups is 2. The second-order valence-corrected chi connectivity index (χ2v) is 5.36. The first-order valence-corrected chi connectivity index (χ1v) is 6.69. The summed E-state index contributed by atoms with van der Waals surface area (Å²) < 4.78 is 0. The number of aliphatic carboxylic acids is 1. The molecule has 1 unspecified atom stereocenters. The van der Waals surface area contributed by atoms with Crippen molar-refractivity contribution in [3.05, 3.63) is 0 Å². The van der Waals surface area contributed by atoms with Gasteiger partial charge in [-0.1, -0.05) is 6.92 Å². The van der Waals surface area contributed by atoms with Crippen molar-refractivity contribution in [3.8, 4) is 0 Å². The van der Waals surface area contributed by atoms with Crippen molar-refractivity contribution in [2.45, 2.75) is 40.0 Å². The summed E-state index contributed by atoms with van der Waals surface area (Å²) in [4.78, 5) is 24.8. The molecule has 18 heavy (non-hydrogen) atoms. The van der Waals surface area contributed by atoms with E-state index in [1.54, 1.807) is 11.8 Å². The van der Waals surface area contributed by atoms with E-state index in [1.165, 1.54) is 12.8 Å². The monoisotopic (exact) mass is 256 g/mol. The first kappa shape index (κ1) is 14.8. The minimum Gasteiger partial charge on any atom is -0.481 e. The van der Waals surface area contributed by atoms with E-state index in [2.05, 4.69) is 5.32 Å². The van der Waals surface area contributed by atoms with Crippen LogP contribution in [0.15, 0.2) is 0 Å². The fourth-order valence-electron chi connectivity index (χ4n) is 1.70. The van der Waals surface area contributed by atoms with E-state index in [0.717, 1.165) is 6.54 Å². The van der Waals surface area contributed by atoms with Crippen LogP contribution < -0.4 is 5.32 Å². The Morgan fingerprint density at radius 3 is 2.39 bits per heavy atom. The molecule has 0 aromatic carbocycles. The maximum atomic E-state index is 11.9. The molecule has 1 atom stereocenters. The minimum atomic E-state index is -0.880. The van der Waals surface area contributed by atoms with Crippen LogP contribution in [0.3, 0.4) is 0 Å². The highest BCUT2D eigenvalue weighted by atomic mass is 16.4. The number of hydrogen-bond acceptors (Lipinski definition) is 2. The summed E-state index contributed by atoms with van der Waals surface area (Å²) in [5, 5.41) is 11.9. The van der Waals surface area contributed by atoms with Gasteiger partial charge < -0.3 is 15.3 Å². The van der Waals surface area contributed by atoms with E-state index in [-0.39, 0.29) is 12.6 Å². The second-order valence-electron chi connectivity index (χ2n) is 5.36. The maximum Gasteiger partial charge on any atom is 0.317 e. The van der Waals surface area contributed by atoms with Crippen LogP contribution in [-0.4, -0.2) is 41.6 Å². The van der Waals surface area contributed by atoms with Crippen molar-refractivity contribution in [1.29, 1.82) is 0 Å². The summed E-state index contributed by atoms with van der Waals surface area (Å²) >= 11 is 0. The van der Waals surface area contributed by atoms with Gasteiger partial charge in [0.2, 0.25) is 0 Å². The highest BCUT2D eigenvalue weighted by Crippen LogP contribution is 2.29. The minimum absolute atomic E-state index is 0.148. The van der Waals surface area contributed by atoms with E-state index in [1.807, 2.05) is 13.8 Å². The van der Waals surface area contributed by atoms with Gasteiger partial charge in [0.05, 0.1) is 5.41 Å². The van der Waals surface area contributed by atoms with E-state index < -0.39 is 11.4 Å². The fraction of sp³-hybridized carbons (Fsp3) is 0.846. The summed E-state index contributed by atoms with van der Waals surface area (Å²) in [6.07, 6.45) is 2.90. The molecular weight excluding hydrogens is 232 g/mol. The molecule has 2 amide bonds. The van der Waals surface area contributed by atoms with E-state index in [0.29, 0.717) is 18.9 Å². The van der Waals surface area contributed by atoms with Crippen LogP contribution >= 0.6 is 0 Å². The van der Waals surface area contributed by atoms with E-state index >= 15 is 0 Å². The van der Waals surface area contributed by atoms with Gasteiger partial charge in [-0.25, -0.2) is 4.79 Å². The molecule has 0 aromatic heterocycles. The van der Waals surface area contributed by atoms with E-state index in [9.17, 15) is 9.59 Å². The van der Waals surface area contributed by atoms with Gasteiger partial charge in [0.1, 0.15) is 0 Å². The first-order chi connectivity index (χ1) is 8.42. The molecule has 1 aliphatic carbocycles. The Labute approximate surface area is 109 Å². The highest BCUT2D eigenvalue weighted by Gasteiger charge is 2.32. The van der Waals surface area contributed by atoms with Gasteiger partial charge in [-0.3, -0.25) is 4.79 Å². The average molecular weight is 256 g/mol. The van der Waals surface area contributed by atoms with Gasteiger partial charge in [-0.05, 0) is 39.0 Å². The Kier molecular flexibility index (Phi) is 4.99. The molecule has 104 valence electrons. The number of urea groups is 1. The van der Waals surface area contributed by atoms with Crippen LogP contribution in [0.2, 0.25) is 0 Å². The third-order valence-electron chi connectivity index (χ3n) is 3.77. The number of carboxylic acid groups (broad SMARTS) is 1. The predicted octanol–water partition coefficient (Wildman–Crippen LogP) is 1.93. The molecule has 0 bridgehead atoms. The highest BCUT2D eigenvalue weighted by molar-refractivity contribution is 5.77. The molecule has 5 nitrogen and oxygen atoms in total. The second kappa shape index (κ2) is 6.07. The van der Waals surface area contributed by atoms with E-state index in [4.69, 9.17) is 5.11 Å². The van der Waals surface area contributed by atoms with Crippen molar-refractivity contribution >= 4 is 12.0 Å². The van der Waals surface area contributed by atoms with Gasteiger partial charge >= 0.3 is 12.0 Å². The van der Waals surface area contributed by atoms with Gasteiger partial charge in [0, 0.05) is 19.6 Å². The Hall–Kier alpha value is -1.26.